The Bertz CT molecular complexity index is 1030. The number of anilines is 1. The van der Waals surface area contributed by atoms with E-state index in [0.29, 0.717) is 45.3 Å². The maximum absolute atomic E-state index is 12.3. The molecule has 2 aromatic carbocycles. The number of piperazine rings is 1. The van der Waals surface area contributed by atoms with Gasteiger partial charge in [-0.3, -0.25) is 9.79 Å². The summed E-state index contributed by atoms with van der Waals surface area (Å²) >= 11 is 12.2. The zero-order chi connectivity index (χ0) is 25.2. The second kappa shape index (κ2) is 13.5. The Labute approximate surface area is 216 Å². The predicted molar refractivity (Wildman–Crippen MR) is 141 cm³/mol. The van der Waals surface area contributed by atoms with Gasteiger partial charge in [-0.2, -0.15) is 0 Å². The lowest BCUT2D eigenvalue weighted by Crippen LogP contribution is -2.44. The summed E-state index contributed by atoms with van der Waals surface area (Å²) in [5, 5.41) is 3.43. The molecule has 1 amide bonds. The van der Waals surface area contributed by atoms with Crippen molar-refractivity contribution in [3.8, 4) is 17.2 Å². The van der Waals surface area contributed by atoms with E-state index >= 15 is 0 Å². The van der Waals surface area contributed by atoms with Gasteiger partial charge in [0.15, 0.2) is 11.5 Å². The minimum Gasteiger partial charge on any atom is -0.495 e. The van der Waals surface area contributed by atoms with Crippen molar-refractivity contribution in [2.45, 2.75) is 12.8 Å². The van der Waals surface area contributed by atoms with Crippen molar-refractivity contribution in [1.29, 1.82) is 0 Å². The quantitative estimate of drug-likeness (QED) is 0.338. The standard InChI is InChI=1S/C25H32Cl2N4O4/c1-30-10-12-31(13-11-30)9-4-14-35-24-15-18(5-6-22(24)33-2)28-8-7-25(32)29-21-17-23(34-3)20(27)16-19(21)26/h5-6,8,15-17H,4,7,9-14H2,1-3H3,(H,29,32). The summed E-state index contributed by atoms with van der Waals surface area (Å²) in [5.74, 6) is 1.43. The number of hydrogen-bond acceptors (Lipinski definition) is 7. The van der Waals surface area contributed by atoms with E-state index in [-0.39, 0.29) is 12.3 Å². The molecule has 1 aliphatic heterocycles. The normalized spacial score (nSPS) is 14.8. The molecule has 0 saturated carbocycles. The van der Waals surface area contributed by atoms with E-state index in [2.05, 4.69) is 27.2 Å². The maximum Gasteiger partial charge on any atom is 0.229 e. The lowest BCUT2D eigenvalue weighted by molar-refractivity contribution is -0.115. The van der Waals surface area contributed by atoms with Gasteiger partial charge in [-0.25, -0.2) is 0 Å². The molecule has 0 unspecified atom stereocenters. The molecule has 1 aliphatic rings. The Morgan fingerprint density at radius 3 is 2.49 bits per heavy atom. The molecule has 1 heterocycles. The van der Waals surface area contributed by atoms with E-state index in [4.69, 9.17) is 37.4 Å². The first-order valence-corrected chi connectivity index (χ1v) is 12.2. The molecular weight excluding hydrogens is 491 g/mol. The molecule has 8 nitrogen and oxygen atoms in total. The Balaban J connectivity index is 1.51. The molecule has 0 spiro atoms. The SMILES string of the molecule is COc1cc(NC(=O)CC=Nc2ccc(OC)c(OCCCN3CCN(C)CC3)c2)c(Cl)cc1Cl. The summed E-state index contributed by atoms with van der Waals surface area (Å²) in [6.45, 7) is 5.99. The van der Waals surface area contributed by atoms with Gasteiger partial charge >= 0.3 is 0 Å². The van der Waals surface area contributed by atoms with Gasteiger partial charge in [0.05, 0.1) is 48.7 Å². The first kappa shape index (κ1) is 27.1. The molecule has 0 radical (unpaired) electrons. The number of ether oxygens (including phenoxy) is 3. The van der Waals surface area contributed by atoms with E-state index < -0.39 is 0 Å². The van der Waals surface area contributed by atoms with Crippen molar-refractivity contribution in [2.24, 2.45) is 4.99 Å². The van der Waals surface area contributed by atoms with Crippen LogP contribution in [0.2, 0.25) is 10.0 Å². The van der Waals surface area contributed by atoms with Gasteiger partial charge in [-0.15, -0.1) is 0 Å². The second-order valence-corrected chi connectivity index (χ2v) is 9.03. The minimum absolute atomic E-state index is 0.0640. The smallest absolute Gasteiger partial charge is 0.229 e. The topological polar surface area (TPSA) is 75.6 Å². The zero-order valence-electron chi connectivity index (χ0n) is 20.4. The summed E-state index contributed by atoms with van der Waals surface area (Å²) in [7, 11) is 5.26. The number of rotatable bonds is 11. The Kier molecular flexibility index (Phi) is 10.5. The summed E-state index contributed by atoms with van der Waals surface area (Å²) in [5.41, 5.74) is 1.09. The molecule has 1 N–H and O–H groups in total. The van der Waals surface area contributed by atoms with Gasteiger partial charge in [-0.05, 0) is 31.7 Å². The predicted octanol–water partition coefficient (Wildman–Crippen LogP) is 4.76. The van der Waals surface area contributed by atoms with Crippen molar-refractivity contribution in [3.05, 3.63) is 40.4 Å². The third-order valence-corrected chi connectivity index (χ3v) is 6.26. The van der Waals surface area contributed by atoms with Crippen molar-refractivity contribution in [1.82, 2.24) is 9.80 Å². The van der Waals surface area contributed by atoms with Crippen molar-refractivity contribution in [3.63, 3.8) is 0 Å². The van der Waals surface area contributed by atoms with Crippen LogP contribution in [0.15, 0.2) is 35.3 Å². The fourth-order valence-electron chi connectivity index (χ4n) is 3.62. The summed E-state index contributed by atoms with van der Waals surface area (Å²) in [6.07, 6.45) is 2.53. The molecule has 2 aromatic rings. The van der Waals surface area contributed by atoms with E-state index in [9.17, 15) is 4.79 Å². The summed E-state index contributed by atoms with van der Waals surface area (Å²) < 4.78 is 16.6. The van der Waals surface area contributed by atoms with Crippen molar-refractivity contribution in [2.75, 3.05) is 65.9 Å². The molecule has 0 atom stereocenters. The van der Waals surface area contributed by atoms with Crippen LogP contribution in [0.25, 0.3) is 0 Å². The molecule has 35 heavy (non-hydrogen) atoms. The van der Waals surface area contributed by atoms with Crippen molar-refractivity contribution < 1.29 is 19.0 Å². The van der Waals surface area contributed by atoms with Crippen LogP contribution in [-0.2, 0) is 4.79 Å². The van der Waals surface area contributed by atoms with Gasteiger partial charge in [0.1, 0.15) is 5.75 Å². The fourth-order valence-corrected chi connectivity index (χ4v) is 4.12. The number of methoxy groups -OCH3 is 2. The van der Waals surface area contributed by atoms with E-state index in [1.165, 1.54) is 19.4 Å². The van der Waals surface area contributed by atoms with Crippen LogP contribution in [0.3, 0.4) is 0 Å². The number of halogens is 2. The average Bonchev–Trinajstić information content (AvgIpc) is 2.84. The van der Waals surface area contributed by atoms with Crippen LogP contribution < -0.4 is 19.5 Å². The van der Waals surface area contributed by atoms with Crippen LogP contribution in [0, 0.1) is 0 Å². The number of benzene rings is 2. The molecule has 1 fully saturated rings. The van der Waals surface area contributed by atoms with Crippen LogP contribution in [0.1, 0.15) is 12.8 Å². The van der Waals surface area contributed by atoms with E-state index in [1.54, 1.807) is 13.2 Å². The van der Waals surface area contributed by atoms with Gasteiger partial charge in [-0.1, -0.05) is 23.2 Å². The largest absolute Gasteiger partial charge is 0.495 e. The number of carbonyl (C=O) groups is 1. The third-order valence-electron chi connectivity index (χ3n) is 5.65. The number of aliphatic imine (C=N–C) groups is 1. The Hall–Kier alpha value is -2.52. The zero-order valence-corrected chi connectivity index (χ0v) is 21.9. The first-order valence-electron chi connectivity index (χ1n) is 11.5. The highest BCUT2D eigenvalue weighted by atomic mass is 35.5. The number of nitrogens with one attached hydrogen (secondary N) is 1. The number of hydrogen-bond donors (Lipinski definition) is 1. The van der Waals surface area contributed by atoms with Crippen molar-refractivity contribution >= 4 is 46.7 Å². The fraction of sp³-hybridized carbons (Fsp3) is 0.440. The summed E-state index contributed by atoms with van der Waals surface area (Å²) in [6, 6.07) is 8.53. The lowest BCUT2D eigenvalue weighted by Gasteiger charge is -2.32. The Morgan fingerprint density at radius 1 is 1.03 bits per heavy atom. The van der Waals surface area contributed by atoms with Crippen LogP contribution in [0.4, 0.5) is 11.4 Å². The Morgan fingerprint density at radius 2 is 1.77 bits per heavy atom. The van der Waals surface area contributed by atoms with E-state index in [0.717, 1.165) is 39.1 Å². The van der Waals surface area contributed by atoms with Gasteiger partial charge in [0, 0.05) is 51.1 Å². The third kappa shape index (κ3) is 8.28. The molecular formula is C25H32Cl2N4O4. The number of nitrogens with zero attached hydrogens (tertiary/aromatic N) is 3. The average molecular weight is 523 g/mol. The highest BCUT2D eigenvalue weighted by Crippen LogP contribution is 2.34. The molecule has 1 saturated heterocycles. The van der Waals surface area contributed by atoms with Crippen LogP contribution in [0.5, 0.6) is 17.2 Å². The summed E-state index contributed by atoms with van der Waals surface area (Å²) in [4.78, 5) is 21.5. The molecule has 0 aromatic heterocycles. The molecule has 3 rings (SSSR count). The van der Waals surface area contributed by atoms with Gasteiger partial charge < -0.3 is 29.3 Å². The monoisotopic (exact) mass is 522 g/mol. The van der Waals surface area contributed by atoms with Gasteiger partial charge in [0.2, 0.25) is 5.91 Å². The molecule has 10 heteroatoms. The maximum atomic E-state index is 12.3. The molecule has 0 bridgehead atoms. The second-order valence-electron chi connectivity index (χ2n) is 8.21. The number of amides is 1. The highest BCUT2D eigenvalue weighted by molar-refractivity contribution is 6.37. The number of likely N-dealkylation sites (N-methyl/N-ethyl adjacent to an activating group) is 1. The van der Waals surface area contributed by atoms with Crippen LogP contribution >= 0.6 is 23.2 Å². The highest BCUT2D eigenvalue weighted by Gasteiger charge is 2.14. The number of carbonyl (C=O) groups excluding carboxylic acids is 1. The lowest BCUT2D eigenvalue weighted by atomic mass is 10.2. The molecule has 190 valence electrons. The van der Waals surface area contributed by atoms with E-state index in [1.807, 2.05) is 18.2 Å². The minimum atomic E-state index is -0.270. The van der Waals surface area contributed by atoms with Gasteiger partial charge in [0.25, 0.3) is 0 Å². The first-order chi connectivity index (χ1) is 16.9. The van der Waals surface area contributed by atoms with Crippen LogP contribution in [-0.4, -0.2) is 82.5 Å². The molecule has 0 aliphatic carbocycles.